The van der Waals surface area contributed by atoms with Crippen LogP contribution in [0.1, 0.15) is 33.1 Å². The number of carboxylic acid groups (broad SMARTS) is 1. The van der Waals surface area contributed by atoms with Crippen molar-refractivity contribution < 1.29 is 24.5 Å². The van der Waals surface area contributed by atoms with E-state index in [2.05, 4.69) is 5.32 Å². The van der Waals surface area contributed by atoms with Gasteiger partial charge in [0.05, 0.1) is 25.4 Å². The standard InChI is InChI=1S/C13H24N2O5/c1-9(4-3-5-12(17)18)14-13(19)15-6-10(2)20-11(7-15)8-16/h9-11,16H,3-8H2,1-2H3,(H,14,19)(H,17,18). The normalized spacial score (nSPS) is 24.2. The number of hydrogen-bond acceptors (Lipinski definition) is 4. The van der Waals surface area contributed by atoms with E-state index >= 15 is 0 Å². The molecule has 0 spiro atoms. The minimum atomic E-state index is -0.823. The quantitative estimate of drug-likeness (QED) is 0.658. The number of aliphatic carboxylic acids is 1. The van der Waals surface area contributed by atoms with Crippen molar-refractivity contribution in [1.29, 1.82) is 0 Å². The Morgan fingerprint density at radius 2 is 2.15 bits per heavy atom. The summed E-state index contributed by atoms with van der Waals surface area (Å²) in [5, 5.41) is 20.5. The second kappa shape index (κ2) is 8.06. The molecule has 1 aliphatic heterocycles. The zero-order valence-corrected chi connectivity index (χ0v) is 12.0. The third-order valence-corrected chi connectivity index (χ3v) is 3.21. The number of aliphatic hydroxyl groups excluding tert-OH is 1. The maximum absolute atomic E-state index is 12.1. The van der Waals surface area contributed by atoms with Gasteiger partial charge in [0.25, 0.3) is 0 Å². The van der Waals surface area contributed by atoms with Gasteiger partial charge in [-0.2, -0.15) is 0 Å². The first-order valence-electron chi connectivity index (χ1n) is 6.96. The third kappa shape index (κ3) is 5.75. The van der Waals surface area contributed by atoms with Crippen LogP contribution in [0.25, 0.3) is 0 Å². The zero-order chi connectivity index (χ0) is 15.1. The molecule has 3 unspecified atom stereocenters. The molecule has 0 aromatic carbocycles. The number of ether oxygens (including phenoxy) is 1. The Morgan fingerprint density at radius 1 is 1.45 bits per heavy atom. The molecule has 2 amide bonds. The Hall–Kier alpha value is -1.34. The van der Waals surface area contributed by atoms with Gasteiger partial charge in [0.2, 0.25) is 0 Å². The predicted molar refractivity (Wildman–Crippen MR) is 72.5 cm³/mol. The molecule has 0 radical (unpaired) electrons. The van der Waals surface area contributed by atoms with E-state index in [1.807, 2.05) is 13.8 Å². The van der Waals surface area contributed by atoms with E-state index in [9.17, 15) is 9.59 Å². The van der Waals surface area contributed by atoms with Crippen LogP contribution in [-0.4, -0.2) is 65.1 Å². The lowest BCUT2D eigenvalue weighted by molar-refractivity contribution is -0.137. The van der Waals surface area contributed by atoms with Gasteiger partial charge in [-0.1, -0.05) is 0 Å². The molecular weight excluding hydrogens is 264 g/mol. The van der Waals surface area contributed by atoms with Crippen molar-refractivity contribution in [2.45, 2.75) is 51.4 Å². The molecule has 0 bridgehead atoms. The van der Waals surface area contributed by atoms with Gasteiger partial charge in [0, 0.05) is 19.0 Å². The van der Waals surface area contributed by atoms with E-state index in [0.717, 1.165) is 0 Å². The molecule has 1 rings (SSSR count). The molecule has 3 atom stereocenters. The van der Waals surface area contributed by atoms with Gasteiger partial charge in [-0.05, 0) is 26.7 Å². The highest BCUT2D eigenvalue weighted by Gasteiger charge is 2.28. The van der Waals surface area contributed by atoms with Crippen molar-refractivity contribution in [3.8, 4) is 0 Å². The molecular formula is C13H24N2O5. The summed E-state index contributed by atoms with van der Waals surface area (Å²) in [4.78, 5) is 24.1. The lowest BCUT2D eigenvalue weighted by Gasteiger charge is -2.36. The number of carboxylic acids is 1. The molecule has 3 N–H and O–H groups in total. The highest BCUT2D eigenvalue weighted by molar-refractivity contribution is 5.74. The Kier molecular flexibility index (Phi) is 6.74. The fourth-order valence-corrected chi connectivity index (χ4v) is 2.25. The molecule has 1 saturated heterocycles. The molecule has 0 aromatic rings. The van der Waals surface area contributed by atoms with Crippen LogP contribution in [0.15, 0.2) is 0 Å². The van der Waals surface area contributed by atoms with Gasteiger partial charge >= 0.3 is 12.0 Å². The summed E-state index contributed by atoms with van der Waals surface area (Å²) in [6.45, 7) is 4.46. The van der Waals surface area contributed by atoms with Gasteiger partial charge < -0.3 is 25.2 Å². The number of nitrogens with zero attached hydrogens (tertiary/aromatic N) is 1. The fourth-order valence-electron chi connectivity index (χ4n) is 2.25. The smallest absolute Gasteiger partial charge is 0.317 e. The molecule has 1 aliphatic rings. The second-order valence-electron chi connectivity index (χ2n) is 5.29. The summed E-state index contributed by atoms with van der Waals surface area (Å²) in [6.07, 6.45) is 0.832. The van der Waals surface area contributed by atoms with Crippen molar-refractivity contribution in [1.82, 2.24) is 10.2 Å². The van der Waals surface area contributed by atoms with Crippen LogP contribution in [0.4, 0.5) is 4.79 Å². The Labute approximate surface area is 118 Å². The summed E-state index contributed by atoms with van der Waals surface area (Å²) in [6, 6.07) is -0.269. The first-order chi connectivity index (χ1) is 9.42. The highest BCUT2D eigenvalue weighted by Crippen LogP contribution is 2.11. The fraction of sp³-hybridized carbons (Fsp3) is 0.846. The third-order valence-electron chi connectivity index (χ3n) is 3.21. The van der Waals surface area contributed by atoms with Gasteiger partial charge in [0.1, 0.15) is 0 Å². The number of carbonyl (C=O) groups excluding carboxylic acids is 1. The molecule has 20 heavy (non-hydrogen) atoms. The lowest BCUT2D eigenvalue weighted by atomic mass is 10.1. The van der Waals surface area contributed by atoms with Crippen molar-refractivity contribution in [3.63, 3.8) is 0 Å². The van der Waals surface area contributed by atoms with E-state index in [1.54, 1.807) is 4.90 Å². The number of morpholine rings is 1. The van der Waals surface area contributed by atoms with E-state index in [4.69, 9.17) is 14.9 Å². The van der Waals surface area contributed by atoms with Crippen LogP contribution in [0.3, 0.4) is 0 Å². The molecule has 0 saturated carbocycles. The molecule has 7 heteroatoms. The highest BCUT2D eigenvalue weighted by atomic mass is 16.5. The van der Waals surface area contributed by atoms with Crippen LogP contribution in [0, 0.1) is 0 Å². The molecule has 1 heterocycles. The van der Waals surface area contributed by atoms with Crippen molar-refractivity contribution in [2.75, 3.05) is 19.7 Å². The number of amides is 2. The predicted octanol–water partition coefficient (Wildman–Crippen LogP) is 0.421. The van der Waals surface area contributed by atoms with Crippen LogP contribution < -0.4 is 5.32 Å². The molecule has 0 aliphatic carbocycles. The lowest BCUT2D eigenvalue weighted by Crippen LogP contribution is -2.54. The molecule has 116 valence electrons. The minimum Gasteiger partial charge on any atom is -0.481 e. The zero-order valence-electron chi connectivity index (χ0n) is 12.0. The first-order valence-corrected chi connectivity index (χ1v) is 6.96. The topological polar surface area (TPSA) is 99.1 Å². The number of aliphatic hydroxyl groups is 1. The molecule has 7 nitrogen and oxygen atoms in total. The van der Waals surface area contributed by atoms with Gasteiger partial charge in [-0.25, -0.2) is 4.79 Å². The van der Waals surface area contributed by atoms with E-state index in [1.165, 1.54) is 0 Å². The van der Waals surface area contributed by atoms with Crippen LogP contribution in [-0.2, 0) is 9.53 Å². The van der Waals surface area contributed by atoms with E-state index in [0.29, 0.717) is 25.9 Å². The summed E-state index contributed by atoms with van der Waals surface area (Å²) < 4.78 is 5.48. The van der Waals surface area contributed by atoms with Crippen molar-refractivity contribution >= 4 is 12.0 Å². The Balaban J connectivity index is 2.35. The maximum atomic E-state index is 12.1. The average molecular weight is 288 g/mol. The molecule has 1 fully saturated rings. The largest absolute Gasteiger partial charge is 0.481 e. The Bertz CT molecular complexity index is 337. The van der Waals surface area contributed by atoms with Crippen LogP contribution >= 0.6 is 0 Å². The summed E-state index contributed by atoms with van der Waals surface area (Å²) >= 11 is 0. The maximum Gasteiger partial charge on any atom is 0.317 e. The number of nitrogens with one attached hydrogen (secondary N) is 1. The second-order valence-corrected chi connectivity index (χ2v) is 5.29. The van der Waals surface area contributed by atoms with Gasteiger partial charge in [0.15, 0.2) is 0 Å². The SMILES string of the molecule is CC(CCCC(=O)O)NC(=O)N1CC(C)OC(CO)C1. The van der Waals surface area contributed by atoms with Crippen LogP contribution in [0.2, 0.25) is 0 Å². The van der Waals surface area contributed by atoms with Gasteiger partial charge in [-0.15, -0.1) is 0 Å². The minimum absolute atomic E-state index is 0.0763. The Morgan fingerprint density at radius 3 is 2.75 bits per heavy atom. The summed E-state index contributed by atoms with van der Waals surface area (Å²) in [5.41, 5.74) is 0. The van der Waals surface area contributed by atoms with Crippen LogP contribution in [0.5, 0.6) is 0 Å². The summed E-state index contributed by atoms with van der Waals surface area (Å²) in [5.74, 6) is -0.823. The number of hydrogen-bond donors (Lipinski definition) is 3. The number of carbonyl (C=O) groups is 2. The van der Waals surface area contributed by atoms with Gasteiger partial charge in [-0.3, -0.25) is 4.79 Å². The first kappa shape index (κ1) is 16.7. The molecule has 0 aromatic heterocycles. The van der Waals surface area contributed by atoms with Crippen molar-refractivity contribution in [2.24, 2.45) is 0 Å². The number of rotatable bonds is 6. The van der Waals surface area contributed by atoms with Crippen molar-refractivity contribution in [3.05, 3.63) is 0 Å². The summed E-state index contributed by atoms with van der Waals surface area (Å²) in [7, 11) is 0. The number of urea groups is 1. The monoisotopic (exact) mass is 288 g/mol. The van der Waals surface area contributed by atoms with E-state index in [-0.39, 0.29) is 37.3 Å². The van der Waals surface area contributed by atoms with E-state index < -0.39 is 5.97 Å². The average Bonchev–Trinajstić information content (AvgIpc) is 2.37.